The molecule has 2 aliphatic rings. The number of rotatable bonds is 5. The Morgan fingerprint density at radius 1 is 1.12 bits per heavy atom. The molecule has 1 atom stereocenters. The smallest absolute Gasteiger partial charge is 0.241 e. The molecule has 8 heteroatoms. The lowest BCUT2D eigenvalue weighted by Gasteiger charge is -2.23. The molecule has 1 aliphatic carbocycles. The van der Waals surface area contributed by atoms with E-state index < -0.39 is 10.0 Å². The predicted molar refractivity (Wildman–Crippen MR) is 96.4 cm³/mol. The van der Waals surface area contributed by atoms with Crippen LogP contribution in [-0.4, -0.2) is 29.3 Å². The lowest BCUT2D eigenvalue weighted by molar-refractivity contribution is 0.210. The second-order valence-electron chi connectivity index (χ2n) is 7.05. The van der Waals surface area contributed by atoms with E-state index in [9.17, 15) is 8.42 Å². The maximum Gasteiger partial charge on any atom is 0.241 e. The summed E-state index contributed by atoms with van der Waals surface area (Å²) in [4.78, 5) is 4.63. The van der Waals surface area contributed by atoms with Crippen molar-refractivity contribution in [2.45, 2.75) is 69.0 Å². The number of nitrogens with one attached hydrogen (secondary N) is 1. The molecule has 1 aromatic heterocycles. The van der Waals surface area contributed by atoms with Crippen molar-refractivity contribution in [3.63, 3.8) is 0 Å². The van der Waals surface area contributed by atoms with Crippen LogP contribution in [0.5, 0.6) is 5.75 Å². The Kier molecular flexibility index (Phi) is 4.71. The summed E-state index contributed by atoms with van der Waals surface area (Å²) in [5.41, 5.74) is 0. The van der Waals surface area contributed by atoms with E-state index >= 15 is 0 Å². The van der Waals surface area contributed by atoms with E-state index in [1.54, 1.807) is 28.9 Å². The van der Waals surface area contributed by atoms with E-state index in [2.05, 4.69) is 14.8 Å². The minimum Gasteiger partial charge on any atom is -0.490 e. The molecule has 1 aliphatic heterocycles. The molecule has 0 amide bonds. The molecule has 7 nitrogen and oxygen atoms in total. The van der Waals surface area contributed by atoms with Crippen molar-refractivity contribution in [3.8, 4) is 5.75 Å². The first-order chi connectivity index (χ1) is 12.5. The lowest BCUT2D eigenvalue weighted by atomic mass is 10.1. The third kappa shape index (κ3) is 3.61. The maximum atomic E-state index is 12.8. The fourth-order valence-electron chi connectivity index (χ4n) is 3.73. The predicted octanol–water partition coefficient (Wildman–Crippen LogP) is 2.72. The average Bonchev–Trinajstić information content (AvgIpc) is 3.24. The molecule has 0 saturated heterocycles. The summed E-state index contributed by atoms with van der Waals surface area (Å²) >= 11 is 0. The number of ether oxygens (including phenoxy) is 1. The number of nitrogens with zero attached hydrogens (tertiary/aromatic N) is 3. The second kappa shape index (κ2) is 7.00. The minimum atomic E-state index is -3.62. The standard InChI is InChI=1S/C18H24N4O3S/c1-13-19-18-17(7-4-12-22(18)20-13)21-26(23,24)16-10-8-15(9-11-16)25-14-5-2-3-6-14/h8-11,14,17,21H,2-7,12H2,1H3. The van der Waals surface area contributed by atoms with Crippen LogP contribution in [0.1, 0.15) is 56.2 Å². The van der Waals surface area contributed by atoms with Gasteiger partial charge < -0.3 is 4.74 Å². The molecule has 1 unspecified atom stereocenters. The molecule has 0 bridgehead atoms. The van der Waals surface area contributed by atoms with Crippen LogP contribution in [0.3, 0.4) is 0 Å². The van der Waals surface area contributed by atoms with E-state index in [0.717, 1.165) is 38.0 Å². The molecular formula is C18H24N4O3S. The van der Waals surface area contributed by atoms with Gasteiger partial charge in [0.15, 0.2) is 0 Å². The summed E-state index contributed by atoms with van der Waals surface area (Å²) < 4.78 is 36.0. The van der Waals surface area contributed by atoms with Crippen molar-refractivity contribution in [1.82, 2.24) is 19.5 Å². The van der Waals surface area contributed by atoms with Crippen LogP contribution in [0.2, 0.25) is 0 Å². The van der Waals surface area contributed by atoms with Gasteiger partial charge in [0.1, 0.15) is 17.4 Å². The molecule has 0 radical (unpaired) electrons. The molecule has 26 heavy (non-hydrogen) atoms. The Balaban J connectivity index is 1.48. The highest BCUT2D eigenvalue weighted by Crippen LogP contribution is 2.27. The van der Waals surface area contributed by atoms with Gasteiger partial charge in [-0.1, -0.05) is 0 Å². The highest BCUT2D eigenvalue weighted by molar-refractivity contribution is 7.89. The summed E-state index contributed by atoms with van der Waals surface area (Å²) in [7, 11) is -3.62. The van der Waals surface area contributed by atoms with Gasteiger partial charge in [-0.05, 0) is 69.7 Å². The zero-order valence-corrected chi connectivity index (χ0v) is 15.7. The van der Waals surface area contributed by atoms with Gasteiger partial charge in [-0.15, -0.1) is 0 Å². The second-order valence-corrected chi connectivity index (χ2v) is 8.77. The monoisotopic (exact) mass is 376 g/mol. The van der Waals surface area contributed by atoms with Gasteiger partial charge in [0.2, 0.25) is 10.0 Å². The van der Waals surface area contributed by atoms with Crippen molar-refractivity contribution < 1.29 is 13.2 Å². The third-order valence-electron chi connectivity index (χ3n) is 5.02. The van der Waals surface area contributed by atoms with E-state index in [0.29, 0.717) is 11.6 Å². The first-order valence-corrected chi connectivity index (χ1v) is 10.7. The molecular weight excluding hydrogens is 352 g/mol. The van der Waals surface area contributed by atoms with Crippen molar-refractivity contribution in [2.75, 3.05) is 0 Å². The minimum absolute atomic E-state index is 0.240. The fraction of sp³-hybridized carbons (Fsp3) is 0.556. The van der Waals surface area contributed by atoms with Crippen LogP contribution < -0.4 is 9.46 Å². The van der Waals surface area contributed by atoms with Crippen molar-refractivity contribution >= 4 is 10.0 Å². The summed E-state index contributed by atoms with van der Waals surface area (Å²) in [5.74, 6) is 2.09. The molecule has 1 N–H and O–H groups in total. The van der Waals surface area contributed by atoms with E-state index in [-0.39, 0.29) is 17.0 Å². The molecule has 140 valence electrons. The highest BCUT2D eigenvalue weighted by atomic mass is 32.2. The Bertz CT molecular complexity index is 870. The van der Waals surface area contributed by atoms with Gasteiger partial charge in [0.25, 0.3) is 0 Å². The van der Waals surface area contributed by atoms with E-state index in [1.807, 2.05) is 6.92 Å². The topological polar surface area (TPSA) is 86.1 Å². The number of fused-ring (bicyclic) bond motifs is 1. The summed E-state index contributed by atoms with van der Waals surface area (Å²) in [6.45, 7) is 2.60. The van der Waals surface area contributed by atoms with Crippen molar-refractivity contribution in [1.29, 1.82) is 0 Å². The molecule has 4 rings (SSSR count). The Morgan fingerprint density at radius 2 is 1.85 bits per heavy atom. The van der Waals surface area contributed by atoms with Crippen LogP contribution in [-0.2, 0) is 16.6 Å². The Labute approximate surface area is 153 Å². The Hall–Kier alpha value is -1.93. The fourth-order valence-corrected chi connectivity index (χ4v) is 4.96. The lowest BCUT2D eigenvalue weighted by Crippen LogP contribution is -2.33. The van der Waals surface area contributed by atoms with Crippen molar-refractivity contribution in [3.05, 3.63) is 35.9 Å². The number of hydrogen-bond acceptors (Lipinski definition) is 5. The average molecular weight is 376 g/mol. The summed E-state index contributed by atoms with van der Waals surface area (Å²) in [5, 5.41) is 4.32. The Morgan fingerprint density at radius 3 is 2.58 bits per heavy atom. The first kappa shape index (κ1) is 17.5. The molecule has 1 aromatic carbocycles. The van der Waals surface area contributed by atoms with Gasteiger partial charge in [-0.25, -0.2) is 22.8 Å². The largest absolute Gasteiger partial charge is 0.490 e. The summed E-state index contributed by atoms with van der Waals surface area (Å²) in [6, 6.07) is 6.34. The quantitative estimate of drug-likeness (QED) is 0.867. The summed E-state index contributed by atoms with van der Waals surface area (Å²) in [6.07, 6.45) is 6.40. The van der Waals surface area contributed by atoms with Gasteiger partial charge in [0, 0.05) is 6.54 Å². The maximum absolute atomic E-state index is 12.8. The van der Waals surface area contributed by atoms with Crippen LogP contribution in [0.15, 0.2) is 29.2 Å². The normalized spacial score (nSPS) is 20.9. The number of benzene rings is 1. The van der Waals surface area contributed by atoms with E-state index in [1.165, 1.54) is 12.8 Å². The molecule has 0 spiro atoms. The van der Waals surface area contributed by atoms with Crippen molar-refractivity contribution in [2.24, 2.45) is 0 Å². The molecule has 2 aromatic rings. The zero-order chi connectivity index (χ0) is 18.1. The van der Waals surface area contributed by atoms with Gasteiger partial charge in [0.05, 0.1) is 17.0 Å². The number of aromatic nitrogens is 3. The number of aryl methyl sites for hydroxylation is 2. The number of sulfonamides is 1. The van der Waals surface area contributed by atoms with Gasteiger partial charge >= 0.3 is 0 Å². The number of hydrogen-bond donors (Lipinski definition) is 1. The van der Waals surface area contributed by atoms with Crippen LogP contribution >= 0.6 is 0 Å². The molecule has 1 fully saturated rings. The molecule has 1 saturated carbocycles. The highest BCUT2D eigenvalue weighted by Gasteiger charge is 2.28. The van der Waals surface area contributed by atoms with Crippen LogP contribution in [0.25, 0.3) is 0 Å². The van der Waals surface area contributed by atoms with Gasteiger partial charge in [-0.3, -0.25) is 0 Å². The van der Waals surface area contributed by atoms with Crippen LogP contribution in [0, 0.1) is 6.92 Å². The SMILES string of the molecule is Cc1nc2n(n1)CCCC2NS(=O)(=O)c1ccc(OC2CCCC2)cc1. The van der Waals surface area contributed by atoms with E-state index in [4.69, 9.17) is 4.74 Å². The zero-order valence-electron chi connectivity index (χ0n) is 14.9. The van der Waals surface area contributed by atoms with Crippen LogP contribution in [0.4, 0.5) is 0 Å². The molecule has 2 heterocycles. The van der Waals surface area contributed by atoms with Gasteiger partial charge in [-0.2, -0.15) is 5.10 Å². The third-order valence-corrected chi connectivity index (χ3v) is 6.50. The first-order valence-electron chi connectivity index (χ1n) is 9.22.